The van der Waals surface area contributed by atoms with Gasteiger partial charge in [-0.05, 0) is 24.8 Å². The van der Waals surface area contributed by atoms with Crippen LogP contribution in [0.25, 0.3) is 0 Å². The van der Waals surface area contributed by atoms with Crippen molar-refractivity contribution in [2.24, 2.45) is 11.3 Å². The van der Waals surface area contributed by atoms with Crippen LogP contribution >= 0.6 is 23.2 Å². The van der Waals surface area contributed by atoms with E-state index in [4.69, 9.17) is 27.9 Å². The minimum Gasteiger partial charge on any atom is -0.481 e. The highest BCUT2D eigenvalue weighted by Crippen LogP contribution is 2.48. The summed E-state index contributed by atoms with van der Waals surface area (Å²) in [6, 6.07) is 1.26. The number of ether oxygens (including phenoxy) is 1. The molecule has 1 saturated carbocycles. The van der Waals surface area contributed by atoms with E-state index in [1.807, 2.05) is 0 Å². The number of urea groups is 1. The molecular formula is C16H19Cl2N3O4. The Morgan fingerprint density at radius 2 is 2.28 bits per heavy atom. The standard InChI is InChI=1S/C16H19Cl2N3O4/c17-11-6-12(18)13(20-7-11)25-5-4-19-15(24)21-8-10-2-1-3-16(10,9-21)14(22)23/h6-7,10H,1-5,8-9H2,(H,19,24)(H,22,23)/t10-,16+/m0/s1. The second-order valence-electron chi connectivity index (χ2n) is 6.45. The fraction of sp³-hybridized carbons (Fsp3) is 0.562. The number of aliphatic carboxylic acids is 1. The predicted octanol–water partition coefficient (Wildman–Crippen LogP) is 2.66. The first-order valence-corrected chi connectivity index (χ1v) is 8.88. The van der Waals surface area contributed by atoms with E-state index in [2.05, 4.69) is 10.3 Å². The normalized spacial score (nSPS) is 24.9. The van der Waals surface area contributed by atoms with Crippen LogP contribution in [0.5, 0.6) is 5.88 Å². The van der Waals surface area contributed by atoms with Gasteiger partial charge >= 0.3 is 12.0 Å². The Labute approximate surface area is 155 Å². The van der Waals surface area contributed by atoms with E-state index >= 15 is 0 Å². The number of rotatable bonds is 5. The van der Waals surface area contributed by atoms with Crippen LogP contribution in [-0.2, 0) is 4.79 Å². The molecular weight excluding hydrogens is 369 g/mol. The molecule has 0 unspecified atom stereocenters. The molecule has 3 rings (SSSR count). The maximum atomic E-state index is 12.3. The molecule has 1 aliphatic carbocycles. The third-order valence-corrected chi connectivity index (χ3v) is 5.45. The lowest BCUT2D eigenvalue weighted by Gasteiger charge is -2.23. The van der Waals surface area contributed by atoms with Gasteiger partial charge in [0.25, 0.3) is 0 Å². The van der Waals surface area contributed by atoms with Crippen molar-refractivity contribution < 1.29 is 19.4 Å². The minimum atomic E-state index is -0.794. The summed E-state index contributed by atoms with van der Waals surface area (Å²) in [5.41, 5.74) is -0.769. The van der Waals surface area contributed by atoms with Gasteiger partial charge in [0.05, 0.1) is 17.0 Å². The van der Waals surface area contributed by atoms with Crippen LogP contribution in [0.3, 0.4) is 0 Å². The summed E-state index contributed by atoms with van der Waals surface area (Å²) >= 11 is 11.7. The van der Waals surface area contributed by atoms with Crippen molar-refractivity contribution >= 4 is 35.2 Å². The molecule has 0 spiro atoms. The van der Waals surface area contributed by atoms with Crippen molar-refractivity contribution in [2.45, 2.75) is 19.3 Å². The molecule has 1 saturated heterocycles. The topological polar surface area (TPSA) is 91.8 Å². The number of carbonyl (C=O) groups excluding carboxylic acids is 1. The quantitative estimate of drug-likeness (QED) is 0.757. The summed E-state index contributed by atoms with van der Waals surface area (Å²) in [6.45, 7) is 1.22. The van der Waals surface area contributed by atoms with Crippen LogP contribution in [-0.4, -0.2) is 53.2 Å². The average molecular weight is 388 g/mol. The molecule has 1 aliphatic heterocycles. The molecule has 136 valence electrons. The number of nitrogens with one attached hydrogen (secondary N) is 1. The lowest BCUT2D eigenvalue weighted by Crippen LogP contribution is -2.42. The highest BCUT2D eigenvalue weighted by Gasteiger charge is 2.55. The van der Waals surface area contributed by atoms with Gasteiger partial charge in [0.2, 0.25) is 5.88 Å². The first kappa shape index (κ1) is 18.1. The van der Waals surface area contributed by atoms with Crippen LogP contribution in [0.2, 0.25) is 10.0 Å². The van der Waals surface area contributed by atoms with E-state index in [-0.39, 0.29) is 37.5 Å². The number of halogens is 2. The van der Waals surface area contributed by atoms with E-state index in [9.17, 15) is 14.7 Å². The maximum Gasteiger partial charge on any atom is 0.317 e. The number of pyridine rings is 1. The summed E-state index contributed by atoms with van der Waals surface area (Å²) in [7, 11) is 0. The molecule has 0 bridgehead atoms. The van der Waals surface area contributed by atoms with E-state index in [0.717, 1.165) is 12.8 Å². The van der Waals surface area contributed by atoms with E-state index in [1.54, 1.807) is 4.90 Å². The Hall–Kier alpha value is -1.73. The van der Waals surface area contributed by atoms with Crippen molar-refractivity contribution in [1.82, 2.24) is 15.2 Å². The number of aromatic nitrogens is 1. The van der Waals surface area contributed by atoms with Gasteiger partial charge in [0, 0.05) is 19.3 Å². The monoisotopic (exact) mass is 387 g/mol. The van der Waals surface area contributed by atoms with Gasteiger partial charge < -0.3 is 20.1 Å². The van der Waals surface area contributed by atoms with Gasteiger partial charge in [0.15, 0.2) is 0 Å². The third-order valence-electron chi connectivity index (χ3n) is 4.97. The Bertz CT molecular complexity index is 687. The highest BCUT2D eigenvalue weighted by atomic mass is 35.5. The van der Waals surface area contributed by atoms with E-state index in [0.29, 0.717) is 23.0 Å². The summed E-state index contributed by atoms with van der Waals surface area (Å²) < 4.78 is 5.41. The van der Waals surface area contributed by atoms with Crippen molar-refractivity contribution in [1.29, 1.82) is 0 Å². The largest absolute Gasteiger partial charge is 0.481 e. The van der Waals surface area contributed by atoms with Crippen molar-refractivity contribution in [3.05, 3.63) is 22.3 Å². The zero-order valence-corrected chi connectivity index (χ0v) is 15.0. The molecule has 9 heteroatoms. The number of hydrogen-bond donors (Lipinski definition) is 2. The van der Waals surface area contributed by atoms with Gasteiger partial charge in [0.1, 0.15) is 11.6 Å². The zero-order valence-electron chi connectivity index (χ0n) is 13.5. The fourth-order valence-corrected chi connectivity index (χ4v) is 4.15. The number of carboxylic acids is 1. The number of fused-ring (bicyclic) bond motifs is 1. The molecule has 1 aromatic rings. The van der Waals surface area contributed by atoms with Crippen molar-refractivity contribution in [3.63, 3.8) is 0 Å². The van der Waals surface area contributed by atoms with Crippen LogP contribution in [0.1, 0.15) is 19.3 Å². The number of amides is 2. The molecule has 0 radical (unpaired) electrons. The Balaban J connectivity index is 1.47. The van der Waals surface area contributed by atoms with Crippen LogP contribution in [0.15, 0.2) is 12.3 Å². The second-order valence-corrected chi connectivity index (χ2v) is 7.30. The Morgan fingerprint density at radius 1 is 1.48 bits per heavy atom. The third kappa shape index (κ3) is 3.62. The summed E-state index contributed by atoms with van der Waals surface area (Å²) in [6.07, 6.45) is 3.84. The number of hydrogen-bond acceptors (Lipinski definition) is 4. The van der Waals surface area contributed by atoms with E-state index < -0.39 is 11.4 Å². The van der Waals surface area contributed by atoms with Crippen LogP contribution < -0.4 is 10.1 Å². The fourth-order valence-electron chi connectivity index (χ4n) is 3.72. The SMILES string of the molecule is O=C(NCCOc1ncc(Cl)cc1Cl)N1C[C@@H]2CCC[C@@]2(C(=O)O)C1. The van der Waals surface area contributed by atoms with Gasteiger partial charge in [-0.25, -0.2) is 9.78 Å². The number of carbonyl (C=O) groups is 2. The number of likely N-dealkylation sites (tertiary alicyclic amines) is 1. The number of nitrogens with zero attached hydrogens (tertiary/aromatic N) is 2. The molecule has 2 aliphatic rings. The summed E-state index contributed by atoms with van der Waals surface area (Å²) in [4.78, 5) is 29.5. The first-order chi connectivity index (χ1) is 11.9. The van der Waals surface area contributed by atoms with Crippen molar-refractivity contribution in [3.8, 4) is 5.88 Å². The zero-order chi connectivity index (χ0) is 18.0. The highest BCUT2D eigenvalue weighted by molar-refractivity contribution is 6.35. The summed E-state index contributed by atoms with van der Waals surface area (Å²) in [5, 5.41) is 13.0. The predicted molar refractivity (Wildman–Crippen MR) is 92.1 cm³/mol. The number of carboxylic acid groups (broad SMARTS) is 1. The molecule has 1 aromatic heterocycles. The Kier molecular flexibility index (Phi) is 5.24. The molecule has 2 fully saturated rings. The molecule has 2 heterocycles. The van der Waals surface area contributed by atoms with Crippen LogP contribution in [0, 0.1) is 11.3 Å². The molecule has 0 aromatic carbocycles. The molecule has 2 amide bonds. The average Bonchev–Trinajstić information content (AvgIpc) is 3.11. The first-order valence-electron chi connectivity index (χ1n) is 8.12. The molecule has 25 heavy (non-hydrogen) atoms. The Morgan fingerprint density at radius 3 is 2.96 bits per heavy atom. The lowest BCUT2D eigenvalue weighted by molar-refractivity contribution is -0.149. The van der Waals surface area contributed by atoms with Gasteiger partial charge in [-0.1, -0.05) is 29.6 Å². The summed E-state index contributed by atoms with van der Waals surface area (Å²) in [5.74, 6) is -0.498. The minimum absolute atomic E-state index is 0.0454. The second kappa shape index (κ2) is 7.25. The lowest BCUT2D eigenvalue weighted by atomic mass is 9.81. The maximum absolute atomic E-state index is 12.3. The molecule has 2 N–H and O–H groups in total. The van der Waals surface area contributed by atoms with Gasteiger partial charge in [-0.2, -0.15) is 0 Å². The molecule has 2 atom stereocenters. The van der Waals surface area contributed by atoms with Gasteiger partial charge in [-0.15, -0.1) is 0 Å². The van der Waals surface area contributed by atoms with E-state index in [1.165, 1.54) is 12.3 Å². The molecule has 7 nitrogen and oxygen atoms in total. The van der Waals surface area contributed by atoms with Crippen LogP contribution in [0.4, 0.5) is 4.79 Å². The van der Waals surface area contributed by atoms with Crippen molar-refractivity contribution in [2.75, 3.05) is 26.2 Å². The smallest absolute Gasteiger partial charge is 0.317 e. The van der Waals surface area contributed by atoms with Gasteiger partial charge in [-0.3, -0.25) is 4.79 Å².